The molecule has 5 heavy (non-hydrogen) atoms. The monoisotopic (exact) mass is 103 g/mol. The summed E-state index contributed by atoms with van der Waals surface area (Å²) in [5, 5.41) is 0. The maximum absolute atomic E-state index is 2.49. The molecule has 0 amide bonds. The van der Waals surface area contributed by atoms with Crippen molar-refractivity contribution in [2.24, 2.45) is 0 Å². The molecule has 1 aliphatic rings. The van der Waals surface area contributed by atoms with Crippen molar-refractivity contribution in [2.45, 2.75) is 17.6 Å². The molecule has 0 saturated heterocycles. The van der Waals surface area contributed by atoms with Gasteiger partial charge in [0.05, 0.1) is 0 Å². The molecule has 0 radical (unpaired) electrons. The van der Waals surface area contributed by atoms with Crippen molar-refractivity contribution in [1.82, 2.24) is 0 Å². The standard InChI is InChI=1S/C4H7.Ti/c1-3-4-2;/h1H,2-4H2;. The number of hydrogen-bond donors (Lipinski definition) is 0. The van der Waals surface area contributed by atoms with Gasteiger partial charge < -0.3 is 0 Å². The molecule has 0 aromatic rings. The van der Waals surface area contributed by atoms with Crippen LogP contribution in [-0.4, -0.2) is 4.31 Å². The molecule has 1 heterocycles. The maximum atomic E-state index is 2.49. The molecule has 0 aromatic carbocycles. The van der Waals surface area contributed by atoms with E-state index in [1.807, 2.05) is 0 Å². The van der Waals surface area contributed by atoms with Gasteiger partial charge in [0.25, 0.3) is 0 Å². The molecule has 0 N–H and O–H groups in total. The fourth-order valence-electron chi connectivity index (χ4n) is 0.510. The zero-order valence-electron chi connectivity index (χ0n) is 3.20. The van der Waals surface area contributed by atoms with E-state index in [9.17, 15) is 0 Å². The van der Waals surface area contributed by atoms with Crippen LogP contribution in [0.25, 0.3) is 0 Å². The zero-order valence-corrected chi connectivity index (χ0v) is 4.76. The molecule has 1 aliphatic heterocycles. The first kappa shape index (κ1) is 3.76. The summed E-state index contributed by atoms with van der Waals surface area (Å²) < 4.78 is 4.06. The molecule has 0 unspecified atom stereocenters. The topological polar surface area (TPSA) is 0 Å². The second-order valence-electron chi connectivity index (χ2n) is 1.30. The molecular formula is C4H7Ti. The third kappa shape index (κ3) is 0.982. The van der Waals surface area contributed by atoms with E-state index in [1.165, 1.54) is 12.8 Å². The van der Waals surface area contributed by atoms with E-state index in [1.54, 1.807) is 4.73 Å². The Balaban J connectivity index is 2.32. The van der Waals surface area contributed by atoms with Gasteiger partial charge in [-0.05, 0) is 0 Å². The summed E-state index contributed by atoms with van der Waals surface area (Å²) in [6.45, 7) is 0. The van der Waals surface area contributed by atoms with Crippen LogP contribution in [0.1, 0.15) is 12.8 Å². The van der Waals surface area contributed by atoms with E-state index in [0.717, 1.165) is 0 Å². The van der Waals surface area contributed by atoms with Gasteiger partial charge in [-0.25, -0.2) is 0 Å². The quantitative estimate of drug-likeness (QED) is 0.402. The Bertz CT molecular complexity index is 41.6. The fraction of sp³-hybridized carbons (Fsp3) is 0.750. The Labute approximate surface area is 41.0 Å². The van der Waals surface area contributed by atoms with E-state index in [2.05, 4.69) is 4.31 Å². The third-order valence-corrected chi connectivity index (χ3v) is 2.72. The van der Waals surface area contributed by atoms with E-state index < -0.39 is 0 Å². The van der Waals surface area contributed by atoms with Gasteiger partial charge in [0.1, 0.15) is 0 Å². The van der Waals surface area contributed by atoms with Crippen molar-refractivity contribution < 1.29 is 18.7 Å². The van der Waals surface area contributed by atoms with Crippen molar-refractivity contribution >= 4 is 4.31 Å². The SMILES string of the molecule is [CH]1=[Ti][CH2]CC1. The van der Waals surface area contributed by atoms with Gasteiger partial charge in [0.2, 0.25) is 0 Å². The van der Waals surface area contributed by atoms with Crippen LogP contribution in [0.5, 0.6) is 0 Å². The first-order chi connectivity index (χ1) is 2.50. The molecule has 0 nitrogen and oxygen atoms in total. The Morgan fingerprint density at radius 1 is 1.60 bits per heavy atom. The zero-order chi connectivity index (χ0) is 3.54. The van der Waals surface area contributed by atoms with E-state index in [-0.39, 0.29) is 0 Å². The Hall–Kier alpha value is 0.584. The molecule has 0 spiro atoms. The van der Waals surface area contributed by atoms with Crippen LogP contribution in [0, 0.1) is 0 Å². The van der Waals surface area contributed by atoms with Gasteiger partial charge in [-0.3, -0.25) is 0 Å². The summed E-state index contributed by atoms with van der Waals surface area (Å²) in [5.41, 5.74) is 0. The molecular weight excluding hydrogens is 95.9 g/mol. The number of rotatable bonds is 0. The summed E-state index contributed by atoms with van der Waals surface area (Å²) in [7, 11) is 0. The molecule has 0 fully saturated rings. The summed E-state index contributed by atoms with van der Waals surface area (Å²) in [5.74, 6) is 0. The molecule has 0 saturated carbocycles. The third-order valence-electron chi connectivity index (χ3n) is 0.814. The molecule has 1 rings (SSSR count). The van der Waals surface area contributed by atoms with Crippen LogP contribution >= 0.6 is 0 Å². The van der Waals surface area contributed by atoms with Crippen molar-refractivity contribution in [3.8, 4) is 0 Å². The summed E-state index contributed by atoms with van der Waals surface area (Å²) in [6, 6.07) is 0. The minimum absolute atomic E-state index is 0.514. The van der Waals surface area contributed by atoms with Crippen LogP contribution in [0.3, 0.4) is 0 Å². The predicted octanol–water partition coefficient (Wildman–Crippen LogP) is 1.08. The average Bonchev–Trinajstić information content (AvgIpc) is 1.76. The molecule has 0 aliphatic carbocycles. The summed E-state index contributed by atoms with van der Waals surface area (Å²) in [4.78, 5) is 0. The van der Waals surface area contributed by atoms with Crippen LogP contribution < -0.4 is 0 Å². The predicted molar refractivity (Wildman–Crippen MR) is 20.1 cm³/mol. The Kier molecular flexibility index (Phi) is 1.42. The van der Waals surface area contributed by atoms with Crippen molar-refractivity contribution in [1.29, 1.82) is 0 Å². The Morgan fingerprint density at radius 3 is 2.80 bits per heavy atom. The molecule has 0 bridgehead atoms. The number of hydrogen-bond acceptors (Lipinski definition) is 0. The fourth-order valence-corrected chi connectivity index (χ4v) is 2.10. The van der Waals surface area contributed by atoms with E-state index >= 15 is 0 Å². The molecule has 0 aromatic heterocycles. The van der Waals surface area contributed by atoms with Crippen LogP contribution in [0.2, 0.25) is 4.73 Å². The molecule has 1 heteroatoms. The van der Waals surface area contributed by atoms with Crippen LogP contribution in [0.4, 0.5) is 0 Å². The van der Waals surface area contributed by atoms with Crippen molar-refractivity contribution in [2.75, 3.05) is 0 Å². The van der Waals surface area contributed by atoms with Gasteiger partial charge >= 0.3 is 40.6 Å². The Morgan fingerprint density at radius 2 is 2.60 bits per heavy atom. The second-order valence-corrected chi connectivity index (χ2v) is 3.36. The van der Waals surface area contributed by atoms with Gasteiger partial charge in [-0.1, -0.05) is 0 Å². The van der Waals surface area contributed by atoms with Crippen molar-refractivity contribution in [3.05, 3.63) is 0 Å². The summed E-state index contributed by atoms with van der Waals surface area (Å²) in [6.07, 6.45) is 2.93. The normalized spacial score (nSPS) is 19.2. The first-order valence-electron chi connectivity index (χ1n) is 2.05. The van der Waals surface area contributed by atoms with Gasteiger partial charge in [-0.2, -0.15) is 0 Å². The first-order valence-corrected chi connectivity index (χ1v) is 4.06. The summed E-state index contributed by atoms with van der Waals surface area (Å²) >= 11 is 0.514. The molecule has 27 valence electrons. The van der Waals surface area contributed by atoms with Gasteiger partial charge in [0, 0.05) is 0 Å². The average molecular weight is 103 g/mol. The van der Waals surface area contributed by atoms with E-state index in [0.29, 0.717) is 18.7 Å². The van der Waals surface area contributed by atoms with Crippen molar-refractivity contribution in [3.63, 3.8) is 0 Å². The van der Waals surface area contributed by atoms with E-state index in [4.69, 9.17) is 0 Å². The van der Waals surface area contributed by atoms with Crippen LogP contribution in [-0.2, 0) is 18.7 Å². The molecule has 0 atom stereocenters. The van der Waals surface area contributed by atoms with Gasteiger partial charge in [0.15, 0.2) is 0 Å². The minimum atomic E-state index is 0.514. The van der Waals surface area contributed by atoms with Crippen LogP contribution in [0.15, 0.2) is 0 Å². The second kappa shape index (κ2) is 1.89. The van der Waals surface area contributed by atoms with Gasteiger partial charge in [-0.15, -0.1) is 0 Å².